The van der Waals surface area contributed by atoms with Crippen molar-refractivity contribution in [2.45, 2.75) is 26.4 Å². The van der Waals surface area contributed by atoms with Gasteiger partial charge in [-0.3, -0.25) is 9.59 Å². The molecule has 1 aromatic carbocycles. The van der Waals surface area contributed by atoms with Gasteiger partial charge in [0.2, 0.25) is 0 Å². The van der Waals surface area contributed by atoms with Gasteiger partial charge in [-0.1, -0.05) is 23.5 Å². The number of thiazole rings is 1. The highest BCUT2D eigenvalue weighted by Gasteiger charge is 2.11. The molecule has 0 unspecified atom stereocenters. The molecule has 0 spiro atoms. The topological polar surface area (TPSA) is 74.0 Å². The molecule has 1 amide bonds. The number of aromatic nitrogens is 1. The van der Waals surface area contributed by atoms with Gasteiger partial charge in [-0.25, -0.2) is 0 Å². The summed E-state index contributed by atoms with van der Waals surface area (Å²) < 4.78 is 0. The normalized spacial score (nSPS) is 10.6. The maximum atomic E-state index is 12.2. The Morgan fingerprint density at radius 2 is 2.10 bits per heavy atom. The summed E-state index contributed by atoms with van der Waals surface area (Å²) in [7, 11) is 0. The van der Waals surface area contributed by atoms with Crippen LogP contribution in [0.4, 0.5) is 5.69 Å². The summed E-state index contributed by atoms with van der Waals surface area (Å²) >= 11 is 1.09. The van der Waals surface area contributed by atoms with Crippen LogP contribution in [0.25, 0.3) is 0 Å². The molecule has 2 rings (SSSR count). The molecule has 0 aliphatic rings. The van der Waals surface area contributed by atoms with E-state index in [1.165, 1.54) is 0 Å². The Balaban J connectivity index is 2.07. The van der Waals surface area contributed by atoms with Gasteiger partial charge in [0, 0.05) is 22.8 Å². The molecule has 0 aliphatic carbocycles. The Kier molecular flexibility index (Phi) is 4.57. The van der Waals surface area contributed by atoms with E-state index < -0.39 is 0 Å². The van der Waals surface area contributed by atoms with Crippen molar-refractivity contribution in [2.24, 2.45) is 0 Å². The van der Waals surface area contributed by atoms with E-state index >= 15 is 0 Å². The fourth-order valence-corrected chi connectivity index (χ4v) is 2.37. The van der Waals surface area contributed by atoms with E-state index in [4.69, 9.17) is 0 Å². The minimum absolute atomic E-state index is 0.115. The molecule has 0 fully saturated rings. The lowest BCUT2D eigenvalue weighted by molar-refractivity contribution is 0.0951. The van der Waals surface area contributed by atoms with Crippen LogP contribution in [-0.2, 0) is 6.54 Å². The molecule has 0 atom stereocenters. The molecule has 2 aromatic rings. The predicted molar refractivity (Wildman–Crippen MR) is 81.3 cm³/mol. The smallest absolute Gasteiger partial charge is 0.304 e. The highest BCUT2D eigenvalue weighted by molar-refractivity contribution is 7.07. The van der Waals surface area contributed by atoms with Gasteiger partial charge in [0.1, 0.15) is 0 Å². The number of H-pyrrole nitrogens is 1. The molecular weight excluding hydrogens is 274 g/mol. The maximum absolute atomic E-state index is 12.2. The van der Waals surface area contributed by atoms with Crippen LogP contribution >= 0.6 is 11.3 Å². The van der Waals surface area contributed by atoms with Crippen LogP contribution in [0.1, 0.15) is 29.9 Å². The first-order valence-corrected chi connectivity index (χ1v) is 7.24. The van der Waals surface area contributed by atoms with Crippen molar-refractivity contribution in [1.82, 2.24) is 10.3 Å². The van der Waals surface area contributed by atoms with Crippen molar-refractivity contribution in [3.05, 3.63) is 50.6 Å². The molecule has 0 saturated heterocycles. The molecule has 106 valence electrons. The lowest BCUT2D eigenvalue weighted by Crippen LogP contribution is -2.25. The highest BCUT2D eigenvalue weighted by Crippen LogP contribution is 2.16. The first-order chi connectivity index (χ1) is 9.56. The summed E-state index contributed by atoms with van der Waals surface area (Å²) in [5, 5.41) is 7.75. The van der Waals surface area contributed by atoms with Crippen molar-refractivity contribution in [2.75, 3.05) is 5.32 Å². The van der Waals surface area contributed by atoms with Crippen LogP contribution in [-0.4, -0.2) is 16.9 Å². The summed E-state index contributed by atoms with van der Waals surface area (Å²) in [4.78, 5) is 25.8. The number of hydrogen-bond donors (Lipinski definition) is 3. The van der Waals surface area contributed by atoms with E-state index in [1.54, 1.807) is 11.4 Å². The summed E-state index contributed by atoms with van der Waals surface area (Å²) in [6.07, 6.45) is 0. The molecule has 0 radical (unpaired) electrons. The average Bonchev–Trinajstić information content (AvgIpc) is 2.82. The fraction of sp³-hybridized carbons (Fsp3) is 0.286. The third-order valence-corrected chi connectivity index (χ3v) is 3.34. The number of para-hydroxylation sites is 1. The minimum Gasteiger partial charge on any atom is -0.382 e. The van der Waals surface area contributed by atoms with Gasteiger partial charge in [-0.15, -0.1) is 0 Å². The van der Waals surface area contributed by atoms with Gasteiger partial charge < -0.3 is 15.6 Å². The van der Waals surface area contributed by atoms with E-state index in [-0.39, 0.29) is 16.8 Å². The van der Waals surface area contributed by atoms with Crippen LogP contribution in [0.3, 0.4) is 0 Å². The number of benzene rings is 1. The molecule has 0 saturated carbocycles. The van der Waals surface area contributed by atoms with E-state index in [2.05, 4.69) is 15.6 Å². The largest absolute Gasteiger partial charge is 0.382 e. The summed E-state index contributed by atoms with van der Waals surface area (Å²) in [6, 6.07) is 7.61. The van der Waals surface area contributed by atoms with Crippen LogP contribution in [0, 0.1) is 0 Å². The number of amides is 1. The number of aromatic amines is 1. The molecular formula is C14H17N3O2S. The van der Waals surface area contributed by atoms with Crippen LogP contribution in [0.15, 0.2) is 34.4 Å². The zero-order chi connectivity index (χ0) is 14.5. The number of rotatable bonds is 5. The van der Waals surface area contributed by atoms with Gasteiger partial charge in [-0.2, -0.15) is 0 Å². The summed E-state index contributed by atoms with van der Waals surface area (Å²) in [6.45, 7) is 4.35. The van der Waals surface area contributed by atoms with Crippen molar-refractivity contribution in [3.63, 3.8) is 0 Å². The SMILES string of the molecule is CC(C)Nc1ccccc1C(=O)NCc1csc(=O)[nH]1. The second-order valence-corrected chi connectivity index (χ2v) is 5.54. The van der Waals surface area contributed by atoms with Crippen LogP contribution in [0.2, 0.25) is 0 Å². The van der Waals surface area contributed by atoms with Gasteiger partial charge in [0.05, 0.1) is 12.1 Å². The molecule has 0 aliphatic heterocycles. The zero-order valence-electron chi connectivity index (χ0n) is 11.4. The van der Waals surface area contributed by atoms with Gasteiger partial charge >= 0.3 is 4.87 Å². The summed E-state index contributed by atoms with van der Waals surface area (Å²) in [5.74, 6) is -0.166. The van der Waals surface area contributed by atoms with Crippen molar-refractivity contribution < 1.29 is 4.79 Å². The van der Waals surface area contributed by atoms with Gasteiger partial charge in [0.25, 0.3) is 5.91 Å². The molecule has 6 heteroatoms. The van der Waals surface area contributed by atoms with Crippen LogP contribution in [0.5, 0.6) is 0 Å². The molecule has 5 nitrogen and oxygen atoms in total. The van der Waals surface area contributed by atoms with Crippen molar-refractivity contribution in [1.29, 1.82) is 0 Å². The van der Waals surface area contributed by atoms with E-state index in [0.29, 0.717) is 17.8 Å². The Bertz CT molecular complexity index is 646. The van der Waals surface area contributed by atoms with Crippen molar-refractivity contribution >= 4 is 22.9 Å². The van der Waals surface area contributed by atoms with Crippen molar-refractivity contribution in [3.8, 4) is 0 Å². The standard InChI is InChI=1S/C14H17N3O2S/c1-9(2)16-12-6-4-3-5-11(12)13(18)15-7-10-8-20-14(19)17-10/h3-6,8-9,16H,7H2,1-2H3,(H,15,18)(H,17,19). The highest BCUT2D eigenvalue weighted by atomic mass is 32.1. The number of nitrogens with one attached hydrogen (secondary N) is 3. The zero-order valence-corrected chi connectivity index (χ0v) is 12.2. The summed E-state index contributed by atoms with van der Waals surface area (Å²) in [5.41, 5.74) is 2.11. The monoisotopic (exact) mass is 291 g/mol. The Morgan fingerprint density at radius 1 is 1.35 bits per heavy atom. The fourth-order valence-electron chi connectivity index (χ4n) is 1.79. The van der Waals surface area contributed by atoms with E-state index in [9.17, 15) is 9.59 Å². The maximum Gasteiger partial charge on any atom is 0.304 e. The molecule has 3 N–H and O–H groups in total. The Labute approximate surface area is 121 Å². The molecule has 20 heavy (non-hydrogen) atoms. The number of hydrogen-bond acceptors (Lipinski definition) is 4. The minimum atomic E-state index is -0.166. The number of carbonyl (C=O) groups is 1. The average molecular weight is 291 g/mol. The Hall–Kier alpha value is -2.08. The second kappa shape index (κ2) is 6.38. The first kappa shape index (κ1) is 14.3. The Morgan fingerprint density at radius 3 is 2.75 bits per heavy atom. The molecule has 0 bridgehead atoms. The first-order valence-electron chi connectivity index (χ1n) is 6.36. The third-order valence-electron chi connectivity index (χ3n) is 2.63. The van der Waals surface area contributed by atoms with Gasteiger partial charge in [-0.05, 0) is 26.0 Å². The lowest BCUT2D eigenvalue weighted by Gasteiger charge is -2.14. The quantitative estimate of drug-likeness (QED) is 0.790. The number of anilines is 1. The predicted octanol–water partition coefficient (Wildman–Crippen LogP) is 2.19. The van der Waals surface area contributed by atoms with E-state index in [0.717, 1.165) is 17.0 Å². The molecule has 1 aromatic heterocycles. The van der Waals surface area contributed by atoms with Gasteiger partial charge in [0.15, 0.2) is 0 Å². The lowest BCUT2D eigenvalue weighted by atomic mass is 10.1. The number of carbonyl (C=O) groups excluding carboxylic acids is 1. The van der Waals surface area contributed by atoms with E-state index in [1.807, 2.05) is 32.0 Å². The third kappa shape index (κ3) is 3.71. The second-order valence-electron chi connectivity index (χ2n) is 4.70. The van der Waals surface area contributed by atoms with Crippen LogP contribution < -0.4 is 15.5 Å². The molecule has 1 heterocycles.